The molecule has 0 saturated heterocycles. The van der Waals surface area contributed by atoms with Gasteiger partial charge < -0.3 is 24.5 Å². The second-order valence-electron chi connectivity index (χ2n) is 5.79. The number of aromatic amines is 1. The Morgan fingerprint density at radius 2 is 2.08 bits per heavy atom. The van der Waals surface area contributed by atoms with Crippen LogP contribution in [0.5, 0.6) is 11.5 Å². The van der Waals surface area contributed by atoms with Gasteiger partial charge in [0.2, 0.25) is 0 Å². The molecule has 1 amide bonds. The maximum atomic E-state index is 12.8. The fraction of sp³-hybridized carbons (Fsp3) is 0.353. The van der Waals surface area contributed by atoms with Crippen LogP contribution in [-0.2, 0) is 27.3 Å². The molecule has 3 rings (SSSR count). The van der Waals surface area contributed by atoms with Crippen molar-refractivity contribution < 1.29 is 24.2 Å². The van der Waals surface area contributed by atoms with Crippen LogP contribution in [0, 0.1) is 0 Å². The fourth-order valence-corrected chi connectivity index (χ4v) is 2.83. The van der Waals surface area contributed by atoms with Crippen LogP contribution < -0.4 is 4.74 Å². The molecule has 0 aliphatic carbocycles. The summed E-state index contributed by atoms with van der Waals surface area (Å²) in [5, 5.41) is 9.31. The lowest BCUT2D eigenvalue weighted by molar-refractivity contribution is -0.156. The Kier molecular flexibility index (Phi) is 4.60. The number of aromatic nitrogens is 2. The Bertz CT molecular complexity index is 771. The summed E-state index contributed by atoms with van der Waals surface area (Å²) in [7, 11) is 1.29. The second kappa shape index (κ2) is 6.84. The number of ether oxygens (including phenoxy) is 2. The number of phenolic OH excluding ortho intramolecular Hbond substituents is 1. The predicted molar refractivity (Wildman–Crippen MR) is 86.8 cm³/mol. The van der Waals surface area contributed by atoms with Crippen molar-refractivity contribution in [2.45, 2.75) is 32.0 Å². The highest BCUT2D eigenvalue weighted by Crippen LogP contribution is 2.24. The standard InChI is InChI=1S/C17H19N3O5/c1-10(25-12-5-3-11(21)4-6-12)16(22)20-8-14-13(18-9-19-14)7-15(20)17(23)24-2/h3-6,9-10,15,21H,7-8H2,1-2H3,(H,18,19). The summed E-state index contributed by atoms with van der Waals surface area (Å²) in [5.41, 5.74) is 1.55. The molecule has 2 unspecified atom stereocenters. The van der Waals surface area contributed by atoms with Gasteiger partial charge in [-0.3, -0.25) is 4.79 Å². The molecule has 2 atom stereocenters. The Balaban J connectivity index is 1.78. The van der Waals surface area contributed by atoms with Gasteiger partial charge in [0.05, 0.1) is 31.4 Å². The van der Waals surface area contributed by atoms with E-state index in [0.717, 1.165) is 11.4 Å². The molecule has 2 heterocycles. The lowest BCUT2D eigenvalue weighted by atomic mass is 10.0. The molecule has 1 aliphatic rings. The quantitative estimate of drug-likeness (QED) is 0.802. The highest BCUT2D eigenvalue weighted by molar-refractivity contribution is 5.87. The number of hydrogen-bond donors (Lipinski definition) is 2. The first-order chi connectivity index (χ1) is 12.0. The van der Waals surface area contributed by atoms with E-state index in [-0.39, 0.29) is 18.2 Å². The Labute approximate surface area is 144 Å². The molecular weight excluding hydrogens is 326 g/mol. The minimum atomic E-state index is -0.804. The van der Waals surface area contributed by atoms with Gasteiger partial charge in [0, 0.05) is 6.42 Å². The van der Waals surface area contributed by atoms with Crippen LogP contribution in [-0.4, -0.2) is 51.1 Å². The zero-order chi connectivity index (χ0) is 18.0. The van der Waals surface area contributed by atoms with Crippen LogP contribution in [0.2, 0.25) is 0 Å². The fourth-order valence-electron chi connectivity index (χ4n) is 2.83. The summed E-state index contributed by atoms with van der Waals surface area (Å²) < 4.78 is 10.5. The number of aromatic hydroxyl groups is 1. The van der Waals surface area contributed by atoms with Crippen molar-refractivity contribution in [2.75, 3.05) is 7.11 Å². The highest BCUT2D eigenvalue weighted by Gasteiger charge is 2.38. The van der Waals surface area contributed by atoms with Crippen molar-refractivity contribution in [2.24, 2.45) is 0 Å². The van der Waals surface area contributed by atoms with Gasteiger partial charge >= 0.3 is 5.97 Å². The van der Waals surface area contributed by atoms with Crippen molar-refractivity contribution in [1.82, 2.24) is 14.9 Å². The Hall–Kier alpha value is -3.03. The van der Waals surface area contributed by atoms with Crippen molar-refractivity contribution in [3.05, 3.63) is 42.0 Å². The van der Waals surface area contributed by atoms with Gasteiger partial charge in [0.1, 0.15) is 17.5 Å². The summed E-state index contributed by atoms with van der Waals surface area (Å²) in [6.07, 6.45) is 1.04. The van der Waals surface area contributed by atoms with E-state index >= 15 is 0 Å². The third kappa shape index (κ3) is 3.42. The first-order valence-corrected chi connectivity index (χ1v) is 7.84. The molecule has 1 aromatic heterocycles. The number of carbonyl (C=O) groups is 2. The summed E-state index contributed by atoms with van der Waals surface area (Å²) in [4.78, 5) is 33.6. The SMILES string of the molecule is COC(=O)C1Cc2nc[nH]c2CN1C(=O)C(C)Oc1ccc(O)cc1. The number of fused-ring (bicyclic) bond motifs is 1. The average Bonchev–Trinajstić information content (AvgIpc) is 3.08. The molecule has 132 valence electrons. The van der Waals surface area contributed by atoms with E-state index in [1.165, 1.54) is 24.1 Å². The van der Waals surface area contributed by atoms with E-state index in [1.807, 2.05) is 0 Å². The number of methoxy groups -OCH3 is 1. The summed E-state index contributed by atoms with van der Waals surface area (Å²) in [5.74, 6) is -0.255. The van der Waals surface area contributed by atoms with Gasteiger partial charge in [-0.05, 0) is 31.2 Å². The lowest BCUT2D eigenvalue weighted by Gasteiger charge is -2.34. The van der Waals surface area contributed by atoms with E-state index in [4.69, 9.17) is 9.47 Å². The predicted octanol–water partition coefficient (Wildman–Crippen LogP) is 1.01. The van der Waals surface area contributed by atoms with Gasteiger partial charge in [-0.1, -0.05) is 0 Å². The molecule has 0 radical (unpaired) electrons. The molecule has 1 aromatic carbocycles. The third-order valence-corrected chi connectivity index (χ3v) is 4.15. The molecule has 2 aromatic rings. The van der Waals surface area contributed by atoms with Crippen LogP contribution in [0.4, 0.5) is 0 Å². The number of rotatable bonds is 4. The van der Waals surface area contributed by atoms with Crippen molar-refractivity contribution in [3.8, 4) is 11.5 Å². The number of esters is 1. The number of benzene rings is 1. The zero-order valence-corrected chi connectivity index (χ0v) is 13.9. The van der Waals surface area contributed by atoms with Gasteiger partial charge in [-0.25, -0.2) is 9.78 Å². The molecular formula is C17H19N3O5. The van der Waals surface area contributed by atoms with Crippen LogP contribution in [0.15, 0.2) is 30.6 Å². The molecule has 25 heavy (non-hydrogen) atoms. The minimum Gasteiger partial charge on any atom is -0.508 e. The largest absolute Gasteiger partial charge is 0.508 e. The van der Waals surface area contributed by atoms with Crippen LogP contribution >= 0.6 is 0 Å². The Morgan fingerprint density at radius 1 is 1.36 bits per heavy atom. The summed E-state index contributed by atoms with van der Waals surface area (Å²) in [6.45, 7) is 1.85. The topological polar surface area (TPSA) is 105 Å². The average molecular weight is 345 g/mol. The number of nitrogens with zero attached hydrogens (tertiary/aromatic N) is 2. The lowest BCUT2D eigenvalue weighted by Crippen LogP contribution is -2.52. The van der Waals surface area contributed by atoms with Gasteiger partial charge in [0.15, 0.2) is 6.10 Å². The zero-order valence-electron chi connectivity index (χ0n) is 13.9. The maximum absolute atomic E-state index is 12.8. The van der Waals surface area contributed by atoms with Gasteiger partial charge in [0.25, 0.3) is 5.91 Å². The highest BCUT2D eigenvalue weighted by atomic mass is 16.5. The van der Waals surface area contributed by atoms with Crippen LogP contribution in [0.1, 0.15) is 18.3 Å². The number of imidazole rings is 1. The number of nitrogens with one attached hydrogen (secondary N) is 1. The molecule has 0 fully saturated rings. The number of amides is 1. The number of phenols is 1. The molecule has 8 heteroatoms. The summed E-state index contributed by atoms with van der Waals surface area (Å²) >= 11 is 0. The second-order valence-corrected chi connectivity index (χ2v) is 5.79. The maximum Gasteiger partial charge on any atom is 0.329 e. The molecule has 8 nitrogen and oxygen atoms in total. The third-order valence-electron chi connectivity index (χ3n) is 4.15. The van der Waals surface area contributed by atoms with Crippen molar-refractivity contribution in [3.63, 3.8) is 0 Å². The first-order valence-electron chi connectivity index (χ1n) is 7.84. The monoisotopic (exact) mass is 345 g/mol. The van der Waals surface area contributed by atoms with E-state index in [2.05, 4.69) is 9.97 Å². The Morgan fingerprint density at radius 3 is 2.76 bits per heavy atom. The van der Waals surface area contributed by atoms with E-state index in [0.29, 0.717) is 12.2 Å². The molecule has 0 bridgehead atoms. The van der Waals surface area contributed by atoms with Crippen LogP contribution in [0.3, 0.4) is 0 Å². The van der Waals surface area contributed by atoms with Crippen LogP contribution in [0.25, 0.3) is 0 Å². The van der Waals surface area contributed by atoms with Gasteiger partial charge in [-0.15, -0.1) is 0 Å². The van der Waals surface area contributed by atoms with Crippen molar-refractivity contribution >= 4 is 11.9 Å². The molecule has 1 aliphatic heterocycles. The number of hydrogen-bond acceptors (Lipinski definition) is 6. The smallest absolute Gasteiger partial charge is 0.329 e. The molecule has 0 saturated carbocycles. The van der Waals surface area contributed by atoms with Crippen molar-refractivity contribution in [1.29, 1.82) is 0 Å². The van der Waals surface area contributed by atoms with E-state index in [1.54, 1.807) is 25.4 Å². The first kappa shape index (κ1) is 16.8. The normalized spacial score (nSPS) is 17.5. The molecule has 0 spiro atoms. The number of carbonyl (C=O) groups excluding carboxylic acids is 2. The summed E-state index contributed by atoms with van der Waals surface area (Å²) in [6, 6.07) is 5.35. The molecule has 2 N–H and O–H groups in total. The van der Waals surface area contributed by atoms with E-state index < -0.39 is 18.1 Å². The minimum absolute atomic E-state index is 0.111. The van der Waals surface area contributed by atoms with Gasteiger partial charge in [-0.2, -0.15) is 0 Å². The van der Waals surface area contributed by atoms with E-state index in [9.17, 15) is 14.7 Å². The number of H-pyrrole nitrogens is 1.